The molecule has 4 N–H and O–H groups in total. The lowest BCUT2D eigenvalue weighted by molar-refractivity contribution is 0.823. The number of rotatable bonds is 0. The first-order valence-electron chi connectivity index (χ1n) is 0.167. The van der Waals surface area contributed by atoms with Crippen molar-refractivity contribution in [2.45, 2.75) is 0 Å². The SMILES string of the molecule is O.O.O=O.[H+].[H+].[H+].[H+].[HH].[HH].[HH]. The maximum absolute atomic E-state index is 7.00. The highest BCUT2D eigenvalue weighted by Gasteiger charge is 0.707. The van der Waals surface area contributed by atoms with Gasteiger partial charge in [0.2, 0.25) is 0 Å². The first-order valence-corrected chi connectivity index (χ1v) is 0.167. The molecule has 0 aromatic heterocycles. The summed E-state index contributed by atoms with van der Waals surface area (Å²) in [5.41, 5.74) is 0. The summed E-state index contributed by atoms with van der Waals surface area (Å²) >= 11 is 0. The molecule has 0 heterocycles. The van der Waals surface area contributed by atoms with E-state index in [0.717, 1.165) is 0 Å². The highest BCUT2D eigenvalue weighted by molar-refractivity contribution is 4.07. The fraction of sp³-hybridized carbons (Fsp3) is 0. The van der Waals surface area contributed by atoms with Gasteiger partial charge in [0.05, 0.1) is 0 Å². The van der Waals surface area contributed by atoms with E-state index in [2.05, 4.69) is 0 Å². The molecule has 0 aliphatic heterocycles. The van der Waals surface area contributed by atoms with Gasteiger partial charge in [-0.25, -0.2) is 0 Å². The Labute approximate surface area is 32.7 Å². The topological polar surface area (TPSA) is 97.1 Å². The number of hydrogen-bond acceptors (Lipinski definition) is 2. The predicted octanol–water partition coefficient (Wildman–Crippen LogP) is -0.394. The van der Waals surface area contributed by atoms with Crippen LogP contribution in [0.4, 0.5) is 0 Å². The molecule has 0 aromatic carbocycles. The standard InChI is InChI=1S/O2.2H2O.3H2/c1-2;;;;;/h;2*1H2;3*1H/p+4. The molecule has 0 aliphatic carbocycles. The van der Waals surface area contributed by atoms with Crippen molar-refractivity contribution in [3.8, 4) is 0 Å². The molecule has 0 rings (SSSR count). The van der Waals surface area contributed by atoms with Crippen LogP contribution >= 0.6 is 0 Å². The molecule has 4 heteroatoms. The molecular formula is H14O4+4. The monoisotopic (exact) mass is 78.1 g/mol. The van der Waals surface area contributed by atoms with Crippen molar-refractivity contribution in [3.05, 3.63) is 9.93 Å². The predicted molar refractivity (Wildman–Crippen MR) is 24.8 cm³/mol. The maximum Gasteiger partial charge on any atom is 1.00 e. The summed E-state index contributed by atoms with van der Waals surface area (Å²) < 4.78 is 0. The summed E-state index contributed by atoms with van der Waals surface area (Å²) in [4.78, 5) is 14.0. The summed E-state index contributed by atoms with van der Waals surface area (Å²) in [6.45, 7) is 0. The third kappa shape index (κ3) is 1.78. The zero-order valence-corrected chi connectivity index (χ0v) is 1.82. The van der Waals surface area contributed by atoms with E-state index in [1.165, 1.54) is 0 Å². The van der Waals surface area contributed by atoms with Gasteiger partial charge in [-0.05, 0) is 0 Å². The van der Waals surface area contributed by atoms with Crippen LogP contribution in [-0.4, -0.2) is 11.0 Å². The summed E-state index contributed by atoms with van der Waals surface area (Å²) in [6, 6.07) is 0. The van der Waals surface area contributed by atoms with Gasteiger partial charge in [0.25, 0.3) is 0 Å². The second kappa shape index (κ2) is 25.3. The van der Waals surface area contributed by atoms with Crippen LogP contribution in [0, 0.1) is 9.93 Å². The maximum atomic E-state index is 7.00. The highest BCUT2D eigenvalue weighted by atomic mass is 16.7. The summed E-state index contributed by atoms with van der Waals surface area (Å²) in [5.74, 6) is 0. The van der Waals surface area contributed by atoms with E-state index >= 15 is 0 Å². The normalized spacial score (nSPS) is 1.00. The van der Waals surface area contributed by atoms with Crippen molar-refractivity contribution in [3.63, 3.8) is 0 Å². The molecule has 0 saturated carbocycles. The third-order valence-electron chi connectivity index (χ3n) is 0. The smallest absolute Gasteiger partial charge is 0.412 e. The Morgan fingerprint density at radius 2 is 1.25 bits per heavy atom. The van der Waals surface area contributed by atoms with E-state index < -0.39 is 0 Å². The molecule has 0 amide bonds. The van der Waals surface area contributed by atoms with Crippen LogP contribution in [0.5, 0.6) is 0 Å². The van der Waals surface area contributed by atoms with Crippen molar-refractivity contribution in [2.24, 2.45) is 0 Å². The van der Waals surface area contributed by atoms with Crippen molar-refractivity contribution in [1.82, 2.24) is 0 Å². The Bertz CT molecular complexity index is 10.4. The molecule has 0 bridgehead atoms. The van der Waals surface area contributed by atoms with E-state index in [9.17, 15) is 0 Å². The van der Waals surface area contributed by atoms with Crippen LogP contribution in [0.2, 0.25) is 0 Å². The molecule has 0 radical (unpaired) electrons. The summed E-state index contributed by atoms with van der Waals surface area (Å²) in [6.07, 6.45) is 0. The van der Waals surface area contributed by atoms with Gasteiger partial charge in [-0.2, -0.15) is 0 Å². The molecule has 0 fully saturated rings. The second-order valence-corrected chi connectivity index (χ2v) is 0. The third-order valence-corrected chi connectivity index (χ3v) is 0. The molecule has 0 aromatic rings. The van der Waals surface area contributed by atoms with Crippen molar-refractivity contribution in [1.29, 1.82) is 0 Å². The minimum Gasteiger partial charge on any atom is -0.412 e. The minimum absolute atomic E-state index is 0. The minimum atomic E-state index is 0. The van der Waals surface area contributed by atoms with Gasteiger partial charge >= 0.3 is 5.71 Å². The van der Waals surface area contributed by atoms with Crippen LogP contribution < -0.4 is 0 Å². The fourth-order valence-corrected chi connectivity index (χ4v) is 0. The van der Waals surface area contributed by atoms with Gasteiger partial charge in [0, 0.05) is 14.2 Å². The van der Waals surface area contributed by atoms with Crippen LogP contribution in [-0.2, 0) is 0 Å². The van der Waals surface area contributed by atoms with E-state index in [1.54, 1.807) is 0 Å². The first-order chi connectivity index (χ1) is 1.00. The van der Waals surface area contributed by atoms with Crippen LogP contribution in [0.25, 0.3) is 0 Å². The zero-order chi connectivity index (χ0) is 2.00. The molecule has 34 valence electrons. The zero-order valence-electron chi connectivity index (χ0n) is 5.82. The number of hydrogen-bond donors (Lipinski definition) is 0. The lowest BCUT2D eigenvalue weighted by atomic mass is 15.3. The highest BCUT2D eigenvalue weighted by Crippen LogP contribution is 0.741. The van der Waals surface area contributed by atoms with Gasteiger partial charge in [-0.15, -0.1) is 0 Å². The summed E-state index contributed by atoms with van der Waals surface area (Å²) in [5, 5.41) is 0. The Morgan fingerprint density at radius 3 is 1.25 bits per heavy atom. The van der Waals surface area contributed by atoms with E-state index in [4.69, 9.17) is 9.93 Å². The van der Waals surface area contributed by atoms with Gasteiger partial charge in [-0.3, -0.25) is 0 Å². The second-order valence-electron chi connectivity index (χ2n) is 0. The van der Waals surface area contributed by atoms with Crippen molar-refractivity contribution >= 4 is 0 Å². The first kappa shape index (κ1) is 82.7. The lowest BCUT2D eigenvalue weighted by Crippen LogP contribution is -0.674. The quantitative estimate of drug-likeness (QED) is 0.394. The van der Waals surface area contributed by atoms with E-state index in [1.807, 2.05) is 0 Å². The molecule has 0 saturated heterocycles. The van der Waals surface area contributed by atoms with Crippen LogP contribution in [0.3, 0.4) is 0 Å². The van der Waals surface area contributed by atoms with Crippen LogP contribution in [0.1, 0.15) is 9.99 Å². The fourth-order valence-electron chi connectivity index (χ4n) is 0. The van der Waals surface area contributed by atoms with Crippen molar-refractivity contribution in [2.75, 3.05) is 0 Å². The molecule has 4 nitrogen and oxygen atoms in total. The van der Waals surface area contributed by atoms with Gasteiger partial charge in [-0.1, -0.05) is 0 Å². The van der Waals surface area contributed by atoms with Gasteiger partial charge in [0.15, 0.2) is 0 Å². The Balaban J connectivity index is -0.000000000139. The largest absolute Gasteiger partial charge is 1.00 e. The molecule has 0 unspecified atom stereocenters. The van der Waals surface area contributed by atoms with E-state index in [0.29, 0.717) is 0 Å². The molecule has 0 aliphatic rings. The molecule has 4 heavy (non-hydrogen) atoms. The summed E-state index contributed by atoms with van der Waals surface area (Å²) in [7, 11) is 0. The average Bonchev–Trinajstić information content (AvgIpc) is 1.00. The Kier molecular flexibility index (Phi) is 522. The van der Waals surface area contributed by atoms with Gasteiger partial charge in [0.1, 0.15) is 0 Å². The molecule has 0 spiro atoms. The Hall–Kier alpha value is -0.480. The van der Waals surface area contributed by atoms with E-state index in [-0.39, 0.29) is 20.9 Å². The average molecular weight is 78.1 g/mol. The van der Waals surface area contributed by atoms with Crippen molar-refractivity contribution < 1.29 is 20.9 Å². The molecular weight excluding hydrogens is 64.0 g/mol. The Morgan fingerprint density at radius 1 is 1.25 bits per heavy atom. The van der Waals surface area contributed by atoms with Gasteiger partial charge < -0.3 is 11.0 Å². The van der Waals surface area contributed by atoms with Crippen LogP contribution in [0.15, 0.2) is 0 Å². The molecule has 0 atom stereocenters. The lowest BCUT2D eigenvalue weighted by Gasteiger charge is -0.707.